The molecule has 7 nitrogen and oxygen atoms in total. The Labute approximate surface area is 136 Å². The predicted molar refractivity (Wildman–Crippen MR) is 83.7 cm³/mol. The van der Waals surface area contributed by atoms with E-state index in [0.717, 1.165) is 44.1 Å². The zero-order chi connectivity index (χ0) is 15.8. The molecule has 2 aliphatic heterocycles. The van der Waals surface area contributed by atoms with E-state index in [2.05, 4.69) is 24.6 Å². The van der Waals surface area contributed by atoms with Gasteiger partial charge in [0.05, 0.1) is 31.8 Å². The molecule has 3 aliphatic rings. The maximum Gasteiger partial charge on any atom is 0.237 e. The summed E-state index contributed by atoms with van der Waals surface area (Å²) in [5, 5.41) is 8.35. The van der Waals surface area contributed by atoms with Gasteiger partial charge in [-0.25, -0.2) is 0 Å². The van der Waals surface area contributed by atoms with Crippen molar-refractivity contribution < 1.29 is 9.53 Å². The molecule has 2 fully saturated rings. The first kappa shape index (κ1) is 15.1. The second kappa shape index (κ2) is 6.20. The number of carbonyl (C=O) groups excluding carboxylic acids is 1. The molecule has 126 valence electrons. The fourth-order valence-corrected chi connectivity index (χ4v) is 4.18. The summed E-state index contributed by atoms with van der Waals surface area (Å²) < 4.78 is 8.02. The molecule has 0 radical (unpaired) electrons. The Morgan fingerprint density at radius 2 is 2.09 bits per heavy atom. The Hall–Kier alpha value is -1.47. The Morgan fingerprint density at radius 3 is 3.00 bits per heavy atom. The van der Waals surface area contributed by atoms with Gasteiger partial charge in [0.25, 0.3) is 0 Å². The van der Waals surface area contributed by atoms with E-state index in [4.69, 9.17) is 4.74 Å². The Bertz CT molecular complexity index is 585. The number of carbonyl (C=O) groups is 1. The van der Waals surface area contributed by atoms with Gasteiger partial charge in [-0.1, -0.05) is 12.8 Å². The molecule has 1 saturated carbocycles. The van der Waals surface area contributed by atoms with Crippen LogP contribution in [0.2, 0.25) is 0 Å². The minimum atomic E-state index is 0.245. The molecule has 2 atom stereocenters. The zero-order valence-corrected chi connectivity index (χ0v) is 13.8. The van der Waals surface area contributed by atoms with E-state index in [-0.39, 0.29) is 12.0 Å². The summed E-state index contributed by atoms with van der Waals surface area (Å²) >= 11 is 0. The van der Waals surface area contributed by atoms with Crippen LogP contribution in [0.15, 0.2) is 0 Å². The van der Waals surface area contributed by atoms with E-state index < -0.39 is 0 Å². The first-order valence-electron chi connectivity index (χ1n) is 8.74. The molecule has 0 unspecified atom stereocenters. The van der Waals surface area contributed by atoms with E-state index >= 15 is 0 Å². The summed E-state index contributed by atoms with van der Waals surface area (Å²) in [5.74, 6) is 2.18. The molecule has 1 saturated heterocycles. The van der Waals surface area contributed by atoms with E-state index in [9.17, 15) is 4.79 Å². The SMILES string of the molecule is Cc1nnc2n1CCN(CC(=O)N1CCO[C@H]3CCCC[C@H]31)C2. The van der Waals surface area contributed by atoms with Crippen molar-refractivity contribution >= 4 is 5.91 Å². The maximum absolute atomic E-state index is 12.8. The second-order valence-corrected chi connectivity index (χ2v) is 6.87. The van der Waals surface area contributed by atoms with Crippen LogP contribution in [0.3, 0.4) is 0 Å². The summed E-state index contributed by atoms with van der Waals surface area (Å²) in [7, 11) is 0. The Morgan fingerprint density at radius 1 is 1.22 bits per heavy atom. The molecule has 1 aromatic rings. The van der Waals surface area contributed by atoms with E-state index in [1.165, 1.54) is 12.8 Å². The quantitative estimate of drug-likeness (QED) is 0.797. The molecule has 23 heavy (non-hydrogen) atoms. The smallest absolute Gasteiger partial charge is 0.237 e. The standard InChI is InChI=1S/C16H25N5O2/c1-12-17-18-15-10-19(6-7-20(12)15)11-16(22)21-8-9-23-14-5-3-2-4-13(14)21/h13-14H,2-11H2,1H3/t13-,14+/m1/s1. The summed E-state index contributed by atoms with van der Waals surface area (Å²) in [6.45, 7) is 6.35. The van der Waals surface area contributed by atoms with Crippen LogP contribution in [0, 0.1) is 6.92 Å². The van der Waals surface area contributed by atoms with Gasteiger partial charge in [-0.3, -0.25) is 9.69 Å². The van der Waals surface area contributed by atoms with Gasteiger partial charge in [-0.15, -0.1) is 10.2 Å². The van der Waals surface area contributed by atoms with Gasteiger partial charge < -0.3 is 14.2 Å². The van der Waals surface area contributed by atoms with Crippen molar-refractivity contribution in [1.82, 2.24) is 24.6 Å². The average Bonchev–Trinajstić information content (AvgIpc) is 2.95. The molecule has 7 heteroatoms. The number of nitrogens with zero attached hydrogens (tertiary/aromatic N) is 5. The number of amides is 1. The largest absolute Gasteiger partial charge is 0.374 e. The molecule has 0 aromatic carbocycles. The fraction of sp³-hybridized carbons (Fsp3) is 0.812. The van der Waals surface area contributed by atoms with Gasteiger partial charge in [-0.2, -0.15) is 0 Å². The van der Waals surface area contributed by atoms with E-state index in [0.29, 0.717) is 25.7 Å². The molecule has 3 heterocycles. The third-order valence-corrected chi connectivity index (χ3v) is 5.43. The number of morpholine rings is 1. The van der Waals surface area contributed by atoms with E-state index in [1.54, 1.807) is 0 Å². The molecular weight excluding hydrogens is 294 g/mol. The molecule has 1 aromatic heterocycles. The molecule has 1 amide bonds. The summed E-state index contributed by atoms with van der Waals surface area (Å²) in [4.78, 5) is 17.1. The lowest BCUT2D eigenvalue weighted by Crippen LogP contribution is -2.57. The molecule has 0 spiro atoms. The number of hydrogen-bond donors (Lipinski definition) is 0. The van der Waals surface area contributed by atoms with Gasteiger partial charge in [0, 0.05) is 19.6 Å². The molecule has 0 bridgehead atoms. The lowest BCUT2D eigenvalue weighted by Gasteiger charge is -2.44. The van der Waals surface area contributed by atoms with E-state index in [1.807, 2.05) is 6.92 Å². The fourth-order valence-electron chi connectivity index (χ4n) is 4.18. The highest BCUT2D eigenvalue weighted by Crippen LogP contribution is 2.28. The van der Waals surface area contributed by atoms with Gasteiger partial charge >= 0.3 is 0 Å². The van der Waals surface area contributed by atoms with Crippen molar-refractivity contribution in [3.63, 3.8) is 0 Å². The summed E-state index contributed by atoms with van der Waals surface area (Å²) in [5.41, 5.74) is 0. The third-order valence-electron chi connectivity index (χ3n) is 5.43. The first-order chi connectivity index (χ1) is 11.2. The van der Waals surface area contributed by atoms with Crippen molar-refractivity contribution in [2.75, 3.05) is 26.2 Å². The average molecular weight is 319 g/mol. The lowest BCUT2D eigenvalue weighted by atomic mass is 9.90. The number of rotatable bonds is 2. The topological polar surface area (TPSA) is 63.5 Å². The maximum atomic E-state index is 12.8. The summed E-state index contributed by atoms with van der Waals surface area (Å²) in [6.07, 6.45) is 4.88. The number of hydrogen-bond acceptors (Lipinski definition) is 5. The van der Waals surface area contributed by atoms with Crippen LogP contribution in [0.4, 0.5) is 0 Å². The lowest BCUT2D eigenvalue weighted by molar-refractivity contribution is -0.151. The normalized spacial score (nSPS) is 28.3. The van der Waals surface area contributed by atoms with Crippen LogP contribution >= 0.6 is 0 Å². The number of aromatic nitrogens is 3. The zero-order valence-electron chi connectivity index (χ0n) is 13.8. The number of aryl methyl sites for hydroxylation is 1. The molecule has 0 N–H and O–H groups in total. The van der Waals surface area contributed by atoms with Crippen molar-refractivity contribution in [2.45, 2.75) is 57.8 Å². The van der Waals surface area contributed by atoms with Crippen LogP contribution < -0.4 is 0 Å². The van der Waals surface area contributed by atoms with Crippen molar-refractivity contribution in [2.24, 2.45) is 0 Å². The minimum Gasteiger partial charge on any atom is -0.374 e. The Kier molecular flexibility index (Phi) is 4.07. The molecule has 4 rings (SSSR count). The Balaban J connectivity index is 1.40. The van der Waals surface area contributed by atoms with Crippen LogP contribution in [0.1, 0.15) is 37.3 Å². The first-order valence-corrected chi connectivity index (χ1v) is 8.74. The second-order valence-electron chi connectivity index (χ2n) is 6.87. The van der Waals surface area contributed by atoms with Gasteiger partial charge in [-0.05, 0) is 19.8 Å². The third kappa shape index (κ3) is 2.87. The predicted octanol–water partition coefficient (Wildman–Crippen LogP) is 0.572. The van der Waals surface area contributed by atoms with Crippen LogP contribution in [0.25, 0.3) is 0 Å². The van der Waals surface area contributed by atoms with Crippen LogP contribution in [-0.2, 0) is 22.6 Å². The minimum absolute atomic E-state index is 0.245. The highest BCUT2D eigenvalue weighted by Gasteiger charge is 2.37. The number of fused-ring (bicyclic) bond motifs is 2. The van der Waals surface area contributed by atoms with Crippen molar-refractivity contribution in [1.29, 1.82) is 0 Å². The van der Waals surface area contributed by atoms with Crippen molar-refractivity contribution in [3.05, 3.63) is 11.6 Å². The molecular formula is C16H25N5O2. The summed E-state index contributed by atoms with van der Waals surface area (Å²) in [6, 6.07) is 0.292. The monoisotopic (exact) mass is 319 g/mol. The number of ether oxygens (including phenoxy) is 1. The van der Waals surface area contributed by atoms with Crippen LogP contribution in [0.5, 0.6) is 0 Å². The van der Waals surface area contributed by atoms with Gasteiger partial charge in [0.1, 0.15) is 11.6 Å². The van der Waals surface area contributed by atoms with Crippen LogP contribution in [-0.4, -0.2) is 68.9 Å². The van der Waals surface area contributed by atoms with Crippen molar-refractivity contribution in [3.8, 4) is 0 Å². The van der Waals surface area contributed by atoms with Gasteiger partial charge in [0.2, 0.25) is 5.91 Å². The molecule has 1 aliphatic carbocycles. The highest BCUT2D eigenvalue weighted by molar-refractivity contribution is 5.78. The highest BCUT2D eigenvalue weighted by atomic mass is 16.5. The van der Waals surface area contributed by atoms with Gasteiger partial charge in [0.15, 0.2) is 0 Å².